The van der Waals surface area contributed by atoms with Crippen molar-refractivity contribution in [2.75, 3.05) is 0 Å². The van der Waals surface area contributed by atoms with Gasteiger partial charge in [-0.25, -0.2) is 8.42 Å². The Balaban J connectivity index is 0.00000196. The second-order valence-corrected chi connectivity index (χ2v) is 3.84. The molecule has 0 fully saturated rings. The zero-order valence-corrected chi connectivity index (χ0v) is 11.1. The smallest absolute Gasteiger partial charge is 0.744 e. The minimum absolute atomic E-state index is 0. The molecule has 0 N–H and O–H groups in total. The van der Waals surface area contributed by atoms with Gasteiger partial charge < -0.3 is 9.29 Å². The van der Waals surface area contributed by atoms with Gasteiger partial charge in [-0.15, -0.1) is 0 Å². The summed E-state index contributed by atoms with van der Waals surface area (Å²) in [5.74, 6) is -0.920. The number of ether oxygens (including phenoxy) is 1. The molecule has 0 radical (unpaired) electrons. The Morgan fingerprint density at radius 1 is 1.33 bits per heavy atom. The number of rotatable bonds is 2. The first-order valence-electron chi connectivity index (χ1n) is 3.64. The van der Waals surface area contributed by atoms with Gasteiger partial charge in [0.2, 0.25) is 0 Å². The third kappa shape index (κ3) is 4.31. The summed E-state index contributed by atoms with van der Waals surface area (Å²) in [4.78, 5) is 10.0. The van der Waals surface area contributed by atoms with Crippen LogP contribution in [0.25, 0.3) is 0 Å². The van der Waals surface area contributed by atoms with Crippen molar-refractivity contribution >= 4 is 16.1 Å². The molecule has 0 spiro atoms. The minimum Gasteiger partial charge on any atom is -0.744 e. The van der Waals surface area contributed by atoms with Crippen LogP contribution < -0.4 is 34.3 Å². The molecule has 15 heavy (non-hydrogen) atoms. The average Bonchev–Trinajstić information content (AvgIpc) is 2.01. The Labute approximate surface area is 109 Å². The van der Waals surface area contributed by atoms with Crippen LogP contribution in [0.5, 0.6) is 5.75 Å². The van der Waals surface area contributed by atoms with E-state index in [4.69, 9.17) is 0 Å². The van der Waals surface area contributed by atoms with E-state index in [2.05, 4.69) is 4.74 Å². The number of carbonyl (C=O) groups excluding carboxylic acids is 1. The molecule has 0 aliphatic carbocycles. The molecule has 0 aliphatic rings. The molecule has 0 atom stereocenters. The summed E-state index contributed by atoms with van der Waals surface area (Å²) < 4.78 is 36.6. The minimum atomic E-state index is -4.61. The molecule has 0 aliphatic heterocycles. The summed E-state index contributed by atoms with van der Waals surface area (Å²) in [6, 6.07) is 5.16. The Morgan fingerprint density at radius 2 is 1.87 bits per heavy atom. The molecule has 7 heteroatoms. The number of benzene rings is 1. The van der Waals surface area contributed by atoms with Gasteiger partial charge >= 0.3 is 35.5 Å². The summed E-state index contributed by atoms with van der Waals surface area (Å²) in [6.45, 7) is 1.12. The standard InChI is InChI=1S/C8H8O5S.Na/c1-6(9)13-7-4-2-3-5-8(7)14(10,11)12;/h2-5H,1H3,(H,10,11,12);/q;+1/p-1. The van der Waals surface area contributed by atoms with E-state index in [9.17, 15) is 17.8 Å². The van der Waals surface area contributed by atoms with Crippen molar-refractivity contribution in [2.45, 2.75) is 11.8 Å². The molecular weight excluding hydrogens is 231 g/mol. The van der Waals surface area contributed by atoms with Gasteiger partial charge in [-0.05, 0) is 12.1 Å². The van der Waals surface area contributed by atoms with Gasteiger partial charge in [0.25, 0.3) is 0 Å². The Hall–Kier alpha value is -0.400. The first kappa shape index (κ1) is 14.6. The first-order valence-corrected chi connectivity index (χ1v) is 5.05. The number of para-hydroxylation sites is 1. The molecule has 0 heterocycles. The Morgan fingerprint density at radius 3 is 2.33 bits per heavy atom. The molecule has 5 nitrogen and oxygen atoms in total. The Bertz CT molecular complexity index is 454. The van der Waals surface area contributed by atoms with Crippen LogP contribution in [0.4, 0.5) is 0 Å². The monoisotopic (exact) mass is 238 g/mol. The summed E-state index contributed by atoms with van der Waals surface area (Å²) in [7, 11) is -4.61. The number of carbonyl (C=O) groups is 1. The van der Waals surface area contributed by atoms with Crippen LogP contribution in [-0.4, -0.2) is 18.9 Å². The quantitative estimate of drug-likeness (QED) is 0.246. The molecule has 1 aromatic carbocycles. The second-order valence-electron chi connectivity index (χ2n) is 2.49. The summed E-state index contributed by atoms with van der Waals surface area (Å²) in [5, 5.41) is 0. The molecule has 0 aromatic heterocycles. The van der Waals surface area contributed by atoms with Crippen molar-refractivity contribution in [2.24, 2.45) is 0 Å². The topological polar surface area (TPSA) is 83.5 Å². The SMILES string of the molecule is CC(=O)Oc1ccccc1S(=O)(=O)[O-].[Na+]. The predicted molar refractivity (Wildman–Crippen MR) is 45.7 cm³/mol. The van der Waals surface area contributed by atoms with E-state index in [1.165, 1.54) is 18.2 Å². The average molecular weight is 238 g/mol. The number of hydrogen-bond donors (Lipinski definition) is 0. The molecule has 76 valence electrons. The van der Waals surface area contributed by atoms with Crippen LogP contribution in [0.2, 0.25) is 0 Å². The van der Waals surface area contributed by atoms with E-state index in [0.717, 1.165) is 13.0 Å². The van der Waals surface area contributed by atoms with Gasteiger partial charge in [0.1, 0.15) is 15.9 Å². The zero-order chi connectivity index (χ0) is 10.8. The molecule has 0 amide bonds. The fourth-order valence-electron chi connectivity index (χ4n) is 0.896. The fraction of sp³-hybridized carbons (Fsp3) is 0.125. The normalized spacial score (nSPS) is 10.3. The molecular formula is C8H7NaO5S. The molecule has 1 rings (SSSR count). The van der Waals surface area contributed by atoms with Crippen LogP contribution in [0.1, 0.15) is 6.92 Å². The van der Waals surface area contributed by atoms with E-state index in [1.54, 1.807) is 0 Å². The van der Waals surface area contributed by atoms with Crippen LogP contribution >= 0.6 is 0 Å². The van der Waals surface area contributed by atoms with Crippen molar-refractivity contribution in [3.63, 3.8) is 0 Å². The maximum absolute atomic E-state index is 10.7. The molecule has 0 bridgehead atoms. The van der Waals surface area contributed by atoms with Crippen LogP contribution in [-0.2, 0) is 14.9 Å². The largest absolute Gasteiger partial charge is 1.00 e. The maximum atomic E-state index is 10.7. The third-order valence-electron chi connectivity index (χ3n) is 1.37. The van der Waals surface area contributed by atoms with Crippen LogP contribution in [0.15, 0.2) is 29.2 Å². The molecule has 0 unspecified atom stereocenters. The summed E-state index contributed by atoms with van der Waals surface area (Å²) in [5.41, 5.74) is 0. The van der Waals surface area contributed by atoms with Gasteiger partial charge in [0, 0.05) is 6.92 Å². The van der Waals surface area contributed by atoms with Crippen LogP contribution in [0, 0.1) is 0 Å². The van der Waals surface area contributed by atoms with E-state index in [1.807, 2.05) is 0 Å². The number of hydrogen-bond acceptors (Lipinski definition) is 5. The van der Waals surface area contributed by atoms with Gasteiger partial charge in [-0.3, -0.25) is 4.79 Å². The Kier molecular flexibility index (Phi) is 5.47. The van der Waals surface area contributed by atoms with E-state index >= 15 is 0 Å². The van der Waals surface area contributed by atoms with Crippen molar-refractivity contribution in [1.82, 2.24) is 0 Å². The van der Waals surface area contributed by atoms with E-state index < -0.39 is 21.0 Å². The maximum Gasteiger partial charge on any atom is 1.00 e. The van der Waals surface area contributed by atoms with E-state index in [0.29, 0.717) is 0 Å². The number of esters is 1. The molecule has 0 saturated carbocycles. The summed E-state index contributed by atoms with van der Waals surface area (Å²) >= 11 is 0. The van der Waals surface area contributed by atoms with Crippen molar-refractivity contribution in [3.8, 4) is 5.75 Å². The second kappa shape index (κ2) is 5.62. The molecule has 0 saturated heterocycles. The van der Waals surface area contributed by atoms with E-state index in [-0.39, 0.29) is 35.3 Å². The molecule has 1 aromatic rings. The van der Waals surface area contributed by atoms with Gasteiger partial charge in [-0.2, -0.15) is 0 Å². The van der Waals surface area contributed by atoms with Crippen molar-refractivity contribution in [1.29, 1.82) is 0 Å². The van der Waals surface area contributed by atoms with Gasteiger partial charge in [-0.1, -0.05) is 12.1 Å². The fourth-order valence-corrected chi connectivity index (χ4v) is 1.50. The third-order valence-corrected chi connectivity index (χ3v) is 2.25. The first-order chi connectivity index (χ1) is 6.41. The van der Waals surface area contributed by atoms with Gasteiger partial charge in [0.05, 0.1) is 4.90 Å². The predicted octanol–water partition coefficient (Wildman–Crippen LogP) is -2.48. The van der Waals surface area contributed by atoms with Crippen molar-refractivity contribution < 1.29 is 52.1 Å². The van der Waals surface area contributed by atoms with Crippen LogP contribution in [0.3, 0.4) is 0 Å². The van der Waals surface area contributed by atoms with Crippen molar-refractivity contribution in [3.05, 3.63) is 24.3 Å². The summed E-state index contributed by atoms with van der Waals surface area (Å²) in [6.07, 6.45) is 0. The zero-order valence-electron chi connectivity index (χ0n) is 8.26. The van der Waals surface area contributed by atoms with Gasteiger partial charge in [0.15, 0.2) is 0 Å².